The van der Waals surface area contributed by atoms with E-state index in [-0.39, 0.29) is 5.91 Å². The second-order valence-electron chi connectivity index (χ2n) is 4.49. The number of amides is 1. The van der Waals surface area contributed by atoms with Crippen LogP contribution in [0.3, 0.4) is 0 Å². The summed E-state index contributed by atoms with van der Waals surface area (Å²) < 4.78 is 0.905. The van der Waals surface area contributed by atoms with Crippen LogP contribution in [-0.4, -0.2) is 21.1 Å². The molecule has 0 atom stereocenters. The smallest absolute Gasteiger partial charge is 0.258 e. The highest BCUT2D eigenvalue weighted by Crippen LogP contribution is 2.30. The normalized spacial score (nSPS) is 10.5. The number of pyridine rings is 1. The molecule has 0 aliphatic heterocycles. The van der Waals surface area contributed by atoms with Crippen LogP contribution >= 0.6 is 27.5 Å². The Hall–Kier alpha value is -2.18. The second kappa shape index (κ2) is 6.29. The molecule has 22 heavy (non-hydrogen) atoms. The van der Waals surface area contributed by atoms with E-state index < -0.39 is 0 Å². The molecule has 3 rings (SSSR count). The molecule has 7 heteroatoms. The summed E-state index contributed by atoms with van der Waals surface area (Å²) in [5, 5.41) is 10.2. The van der Waals surface area contributed by atoms with Gasteiger partial charge in [-0.3, -0.25) is 14.9 Å². The number of hydrogen-bond donors (Lipinski definition) is 2. The summed E-state index contributed by atoms with van der Waals surface area (Å²) in [4.78, 5) is 16.0. The average Bonchev–Trinajstić information content (AvgIpc) is 2.99. The summed E-state index contributed by atoms with van der Waals surface area (Å²) in [5.41, 5.74) is 1.98. The van der Waals surface area contributed by atoms with Gasteiger partial charge >= 0.3 is 0 Å². The molecule has 5 nitrogen and oxygen atoms in total. The zero-order valence-corrected chi connectivity index (χ0v) is 13.5. The zero-order valence-electron chi connectivity index (χ0n) is 11.2. The maximum absolute atomic E-state index is 12.0. The van der Waals surface area contributed by atoms with Gasteiger partial charge in [-0.15, -0.1) is 0 Å². The second-order valence-corrected chi connectivity index (χ2v) is 5.81. The summed E-state index contributed by atoms with van der Waals surface area (Å²) in [6, 6.07) is 10.6. The Labute approximate surface area is 139 Å². The van der Waals surface area contributed by atoms with Crippen molar-refractivity contribution < 1.29 is 4.79 Å². The lowest BCUT2D eigenvalue weighted by atomic mass is 10.1. The van der Waals surface area contributed by atoms with Crippen molar-refractivity contribution in [1.82, 2.24) is 15.2 Å². The molecular weight excluding hydrogens is 368 g/mol. The van der Waals surface area contributed by atoms with Gasteiger partial charge in [0.25, 0.3) is 5.91 Å². The molecular formula is C15H10BrClN4O. The molecule has 0 fully saturated rings. The molecule has 0 spiro atoms. The summed E-state index contributed by atoms with van der Waals surface area (Å²) in [6.45, 7) is 0. The number of carbonyl (C=O) groups excluding carboxylic acids is 1. The van der Waals surface area contributed by atoms with Gasteiger partial charge in [-0.1, -0.05) is 27.5 Å². The van der Waals surface area contributed by atoms with Gasteiger partial charge in [0.2, 0.25) is 0 Å². The van der Waals surface area contributed by atoms with Crippen molar-refractivity contribution in [3.05, 3.63) is 63.9 Å². The van der Waals surface area contributed by atoms with E-state index in [1.165, 1.54) is 6.20 Å². The van der Waals surface area contributed by atoms with Gasteiger partial charge < -0.3 is 5.32 Å². The molecule has 2 N–H and O–H groups in total. The summed E-state index contributed by atoms with van der Waals surface area (Å²) in [7, 11) is 0. The first kappa shape index (κ1) is 14.7. The highest BCUT2D eigenvalue weighted by Gasteiger charge is 2.11. The Morgan fingerprint density at radius 3 is 2.91 bits per heavy atom. The maximum Gasteiger partial charge on any atom is 0.258 e. The van der Waals surface area contributed by atoms with Crippen LogP contribution in [0.1, 0.15) is 10.4 Å². The molecule has 0 bridgehead atoms. The van der Waals surface area contributed by atoms with Gasteiger partial charge in [-0.25, -0.2) is 0 Å². The molecule has 0 aliphatic carbocycles. The van der Waals surface area contributed by atoms with E-state index in [4.69, 9.17) is 11.6 Å². The van der Waals surface area contributed by atoms with Crippen molar-refractivity contribution in [2.75, 3.05) is 5.32 Å². The number of H-pyrrole nitrogens is 1. The van der Waals surface area contributed by atoms with Gasteiger partial charge in [0, 0.05) is 28.5 Å². The molecule has 1 aromatic carbocycles. The summed E-state index contributed by atoms with van der Waals surface area (Å²) >= 11 is 9.58. The predicted molar refractivity (Wildman–Crippen MR) is 88.9 cm³/mol. The number of rotatable bonds is 3. The van der Waals surface area contributed by atoms with Crippen LogP contribution in [0.25, 0.3) is 11.3 Å². The van der Waals surface area contributed by atoms with Crippen LogP contribution in [0.4, 0.5) is 5.82 Å². The van der Waals surface area contributed by atoms with Crippen LogP contribution in [-0.2, 0) is 0 Å². The third kappa shape index (κ3) is 3.18. The van der Waals surface area contributed by atoms with Gasteiger partial charge in [0.05, 0.1) is 16.3 Å². The molecule has 2 aromatic heterocycles. The largest absolute Gasteiger partial charge is 0.305 e. The van der Waals surface area contributed by atoms with E-state index in [9.17, 15) is 4.79 Å². The lowest BCUT2D eigenvalue weighted by Gasteiger charge is -2.01. The van der Waals surface area contributed by atoms with Gasteiger partial charge in [-0.05, 0) is 30.3 Å². The molecule has 110 valence electrons. The Balaban J connectivity index is 1.82. The highest BCUT2D eigenvalue weighted by atomic mass is 79.9. The van der Waals surface area contributed by atoms with Crippen molar-refractivity contribution in [2.45, 2.75) is 0 Å². The zero-order chi connectivity index (χ0) is 15.5. The van der Waals surface area contributed by atoms with Crippen molar-refractivity contribution >= 4 is 39.3 Å². The quantitative estimate of drug-likeness (QED) is 0.720. The minimum atomic E-state index is -0.272. The molecule has 0 radical (unpaired) electrons. The lowest BCUT2D eigenvalue weighted by molar-refractivity contribution is 0.102. The number of aromatic nitrogens is 3. The van der Waals surface area contributed by atoms with E-state index in [0.29, 0.717) is 22.1 Å². The summed E-state index contributed by atoms with van der Waals surface area (Å²) in [5.74, 6) is 0.145. The minimum Gasteiger partial charge on any atom is -0.305 e. The fourth-order valence-corrected chi connectivity index (χ4v) is 2.49. The van der Waals surface area contributed by atoms with Gasteiger partial charge in [0.15, 0.2) is 5.82 Å². The van der Waals surface area contributed by atoms with Crippen LogP contribution in [0.15, 0.2) is 53.3 Å². The fraction of sp³-hybridized carbons (Fsp3) is 0. The van der Waals surface area contributed by atoms with E-state index in [2.05, 4.69) is 36.4 Å². The minimum absolute atomic E-state index is 0.272. The molecule has 2 heterocycles. The third-order valence-corrected chi connectivity index (χ3v) is 3.78. The van der Waals surface area contributed by atoms with E-state index in [1.54, 1.807) is 30.5 Å². The van der Waals surface area contributed by atoms with E-state index >= 15 is 0 Å². The number of aromatic amines is 1. The lowest BCUT2D eigenvalue weighted by Crippen LogP contribution is -2.12. The number of nitrogens with one attached hydrogen (secondary N) is 2. The first-order valence-electron chi connectivity index (χ1n) is 6.36. The van der Waals surface area contributed by atoms with Crippen LogP contribution in [0, 0.1) is 0 Å². The maximum atomic E-state index is 12.0. The fourth-order valence-electron chi connectivity index (χ4n) is 1.91. The van der Waals surface area contributed by atoms with Crippen molar-refractivity contribution in [1.29, 1.82) is 0 Å². The van der Waals surface area contributed by atoms with Crippen molar-refractivity contribution in [2.24, 2.45) is 0 Å². The third-order valence-electron chi connectivity index (χ3n) is 2.96. The summed E-state index contributed by atoms with van der Waals surface area (Å²) in [6.07, 6.45) is 3.10. The standard InChI is InChI=1S/C15H10BrClN4O/c16-10-3-4-12(17)11(6-10)13-7-14(21-20-13)19-15(22)9-2-1-5-18-8-9/h1-8H,(H2,19,20,21,22). The predicted octanol–water partition coefficient (Wildman–Crippen LogP) is 4.14. The van der Waals surface area contributed by atoms with Crippen molar-refractivity contribution in [3.63, 3.8) is 0 Å². The topological polar surface area (TPSA) is 70.7 Å². The Kier molecular flexibility index (Phi) is 4.22. The van der Waals surface area contributed by atoms with E-state index in [0.717, 1.165) is 10.0 Å². The number of anilines is 1. The van der Waals surface area contributed by atoms with Gasteiger partial charge in [-0.2, -0.15) is 5.10 Å². The van der Waals surface area contributed by atoms with Crippen LogP contribution in [0.5, 0.6) is 0 Å². The van der Waals surface area contributed by atoms with Gasteiger partial charge in [0.1, 0.15) is 0 Å². The Morgan fingerprint density at radius 2 is 2.14 bits per heavy atom. The SMILES string of the molecule is O=C(Nc1cc(-c2cc(Br)ccc2Cl)[nH]n1)c1cccnc1. The number of carbonyl (C=O) groups is 1. The van der Waals surface area contributed by atoms with Crippen LogP contribution < -0.4 is 5.32 Å². The first-order valence-corrected chi connectivity index (χ1v) is 7.53. The molecule has 3 aromatic rings. The van der Waals surface area contributed by atoms with Crippen LogP contribution in [0.2, 0.25) is 5.02 Å². The molecule has 1 amide bonds. The molecule has 0 unspecified atom stereocenters. The highest BCUT2D eigenvalue weighted by molar-refractivity contribution is 9.10. The monoisotopic (exact) mass is 376 g/mol. The van der Waals surface area contributed by atoms with E-state index in [1.807, 2.05) is 12.1 Å². The number of benzene rings is 1. The molecule has 0 saturated heterocycles. The molecule has 0 aliphatic rings. The first-order chi connectivity index (χ1) is 10.6. The van der Waals surface area contributed by atoms with Crippen molar-refractivity contribution in [3.8, 4) is 11.3 Å². The Morgan fingerprint density at radius 1 is 1.27 bits per heavy atom. The number of halogens is 2. The number of hydrogen-bond acceptors (Lipinski definition) is 3. The molecule has 0 saturated carbocycles. The number of nitrogens with zero attached hydrogens (tertiary/aromatic N) is 2. The average molecular weight is 378 g/mol. The Bertz CT molecular complexity index is 819.